The number of hydrogen-bond donors (Lipinski definition) is 0. The van der Waals surface area contributed by atoms with Crippen molar-refractivity contribution < 1.29 is 23.7 Å². The highest BCUT2D eigenvalue weighted by Gasteiger charge is 2.47. The molecule has 4 aromatic rings. The van der Waals surface area contributed by atoms with Gasteiger partial charge in [-0.15, -0.1) is 0 Å². The lowest BCUT2D eigenvalue weighted by Crippen LogP contribution is -2.54. The number of esters is 1. The Kier molecular flexibility index (Phi) is 9.05. The standard InChI is InChI=1S/C35H34N2O6/c1-24(38)42-34-33(30-16-27(18-36)14-15-31(30)43-35(34,2)3)37-19-29(23-41-21-26-12-8-5-9-13-26)28(17-32(37)39)22-40-20-25-10-6-4-7-11-25/h4-17,19,33-34H,20-23H2,1-3H3. The summed E-state index contributed by atoms with van der Waals surface area (Å²) >= 11 is 0. The van der Waals surface area contributed by atoms with E-state index < -0.39 is 23.7 Å². The number of benzene rings is 3. The molecule has 2 atom stereocenters. The maximum Gasteiger partial charge on any atom is 0.303 e. The van der Waals surface area contributed by atoms with E-state index in [9.17, 15) is 14.9 Å². The number of nitriles is 1. The van der Waals surface area contributed by atoms with E-state index >= 15 is 0 Å². The lowest BCUT2D eigenvalue weighted by atomic mass is 9.85. The van der Waals surface area contributed by atoms with E-state index in [0.29, 0.717) is 35.7 Å². The van der Waals surface area contributed by atoms with Crippen LogP contribution in [0.5, 0.6) is 5.75 Å². The number of aromatic nitrogens is 1. The molecule has 3 aromatic carbocycles. The number of nitrogens with zero attached hydrogens (tertiary/aromatic N) is 2. The lowest BCUT2D eigenvalue weighted by molar-refractivity contribution is -0.163. The molecule has 43 heavy (non-hydrogen) atoms. The molecule has 220 valence electrons. The predicted molar refractivity (Wildman–Crippen MR) is 160 cm³/mol. The van der Waals surface area contributed by atoms with Gasteiger partial charge in [0.25, 0.3) is 5.56 Å². The number of hydrogen-bond acceptors (Lipinski definition) is 7. The third-order valence-electron chi connectivity index (χ3n) is 7.39. The highest BCUT2D eigenvalue weighted by Crippen LogP contribution is 2.43. The summed E-state index contributed by atoms with van der Waals surface area (Å²) < 4.78 is 25.7. The van der Waals surface area contributed by atoms with Gasteiger partial charge in [-0.05, 0) is 54.3 Å². The molecule has 2 heterocycles. The van der Waals surface area contributed by atoms with E-state index in [-0.39, 0.29) is 18.8 Å². The van der Waals surface area contributed by atoms with Gasteiger partial charge in [0.1, 0.15) is 17.4 Å². The van der Waals surface area contributed by atoms with Gasteiger partial charge in [0.15, 0.2) is 6.10 Å². The van der Waals surface area contributed by atoms with Crippen LogP contribution >= 0.6 is 0 Å². The van der Waals surface area contributed by atoms with Crippen molar-refractivity contribution in [3.8, 4) is 11.8 Å². The van der Waals surface area contributed by atoms with E-state index in [1.807, 2.05) is 74.5 Å². The van der Waals surface area contributed by atoms with E-state index in [0.717, 1.165) is 16.7 Å². The van der Waals surface area contributed by atoms with E-state index in [1.54, 1.807) is 35.0 Å². The van der Waals surface area contributed by atoms with Crippen molar-refractivity contribution in [2.45, 2.75) is 64.9 Å². The molecule has 0 saturated carbocycles. The first-order valence-electron chi connectivity index (χ1n) is 14.1. The molecule has 8 heteroatoms. The van der Waals surface area contributed by atoms with Crippen LogP contribution in [0, 0.1) is 11.3 Å². The van der Waals surface area contributed by atoms with Crippen molar-refractivity contribution >= 4 is 5.97 Å². The molecule has 0 spiro atoms. The molecule has 0 N–H and O–H groups in total. The zero-order valence-corrected chi connectivity index (χ0v) is 24.5. The van der Waals surface area contributed by atoms with Crippen LogP contribution in [-0.2, 0) is 45.4 Å². The van der Waals surface area contributed by atoms with Gasteiger partial charge in [-0.25, -0.2) is 0 Å². The van der Waals surface area contributed by atoms with Gasteiger partial charge < -0.3 is 23.5 Å². The number of carbonyl (C=O) groups is 1. The Morgan fingerprint density at radius 2 is 1.49 bits per heavy atom. The van der Waals surface area contributed by atoms with E-state index in [4.69, 9.17) is 18.9 Å². The number of fused-ring (bicyclic) bond motifs is 1. The largest absolute Gasteiger partial charge is 0.484 e. The highest BCUT2D eigenvalue weighted by atomic mass is 16.6. The van der Waals surface area contributed by atoms with Crippen LogP contribution in [0.1, 0.15) is 60.2 Å². The minimum absolute atomic E-state index is 0.205. The van der Waals surface area contributed by atoms with Crippen LogP contribution < -0.4 is 10.3 Å². The fourth-order valence-corrected chi connectivity index (χ4v) is 5.33. The summed E-state index contributed by atoms with van der Waals surface area (Å²) in [4.78, 5) is 26.1. The van der Waals surface area contributed by atoms with Crippen molar-refractivity contribution in [1.82, 2.24) is 4.57 Å². The van der Waals surface area contributed by atoms with Gasteiger partial charge in [0.2, 0.25) is 0 Å². The molecule has 0 fully saturated rings. The topological polar surface area (TPSA) is 99.8 Å². The molecular weight excluding hydrogens is 544 g/mol. The minimum Gasteiger partial charge on any atom is -0.484 e. The average Bonchev–Trinajstić information content (AvgIpc) is 2.99. The summed E-state index contributed by atoms with van der Waals surface area (Å²) in [7, 11) is 0. The van der Waals surface area contributed by atoms with Gasteiger partial charge >= 0.3 is 5.97 Å². The maximum atomic E-state index is 13.8. The van der Waals surface area contributed by atoms with Crippen LogP contribution in [0.2, 0.25) is 0 Å². The van der Waals surface area contributed by atoms with Crippen molar-refractivity contribution in [3.05, 3.63) is 135 Å². The molecule has 5 rings (SSSR count). The highest BCUT2D eigenvalue weighted by molar-refractivity contribution is 5.66. The van der Waals surface area contributed by atoms with Crippen LogP contribution in [0.3, 0.4) is 0 Å². The van der Waals surface area contributed by atoms with E-state index in [1.165, 1.54) is 6.92 Å². The zero-order valence-electron chi connectivity index (χ0n) is 24.5. The fraction of sp³-hybridized carbons (Fsp3) is 0.286. The monoisotopic (exact) mass is 578 g/mol. The Balaban J connectivity index is 1.55. The third kappa shape index (κ3) is 7.03. The summed E-state index contributed by atoms with van der Waals surface area (Å²) in [6.07, 6.45) is 0.891. The number of carbonyl (C=O) groups excluding carboxylic acids is 1. The average molecular weight is 579 g/mol. The molecule has 8 nitrogen and oxygen atoms in total. The predicted octanol–water partition coefficient (Wildman–Crippen LogP) is 5.85. The molecule has 1 aliphatic rings. The quantitative estimate of drug-likeness (QED) is 0.218. The number of ether oxygens (including phenoxy) is 4. The molecule has 1 aliphatic heterocycles. The second-order valence-electron chi connectivity index (χ2n) is 11.1. The van der Waals surface area contributed by atoms with Gasteiger partial charge in [0, 0.05) is 24.8 Å². The minimum atomic E-state index is -0.974. The molecule has 0 amide bonds. The molecule has 1 aromatic heterocycles. The Morgan fingerprint density at radius 1 is 0.884 bits per heavy atom. The summed E-state index contributed by atoms with van der Waals surface area (Å²) in [6.45, 7) is 6.16. The van der Waals surface area contributed by atoms with Crippen molar-refractivity contribution in [3.63, 3.8) is 0 Å². The number of rotatable bonds is 10. The Morgan fingerprint density at radius 3 is 2.07 bits per heavy atom. The Bertz CT molecular complexity index is 1670. The SMILES string of the molecule is CC(=O)OC1C(n2cc(COCc3ccccc3)c(COCc3ccccc3)cc2=O)c2cc(C#N)ccc2OC1(C)C. The first kappa shape index (κ1) is 29.8. The second kappa shape index (κ2) is 13.1. The Labute approximate surface area is 251 Å². The summed E-state index contributed by atoms with van der Waals surface area (Å²) in [5.74, 6) is 0.0124. The van der Waals surface area contributed by atoms with E-state index in [2.05, 4.69) is 6.07 Å². The van der Waals surface area contributed by atoms with Crippen molar-refractivity contribution in [2.24, 2.45) is 0 Å². The van der Waals surface area contributed by atoms with Crippen LogP contribution in [0.4, 0.5) is 0 Å². The normalized spacial score (nSPS) is 16.9. The van der Waals surface area contributed by atoms with Crippen molar-refractivity contribution in [2.75, 3.05) is 0 Å². The fourth-order valence-electron chi connectivity index (χ4n) is 5.33. The van der Waals surface area contributed by atoms with Crippen LogP contribution in [0.15, 0.2) is 95.9 Å². The summed E-state index contributed by atoms with van der Waals surface area (Å²) in [5.41, 5.74) is 3.21. The summed E-state index contributed by atoms with van der Waals surface area (Å²) in [5, 5.41) is 9.63. The maximum absolute atomic E-state index is 13.8. The van der Waals surface area contributed by atoms with Crippen LogP contribution in [0.25, 0.3) is 0 Å². The molecular formula is C35H34N2O6. The first-order chi connectivity index (χ1) is 20.7. The first-order valence-corrected chi connectivity index (χ1v) is 14.1. The molecule has 0 radical (unpaired) electrons. The molecule has 0 aliphatic carbocycles. The van der Waals surface area contributed by atoms with Gasteiger partial charge in [-0.3, -0.25) is 9.59 Å². The van der Waals surface area contributed by atoms with Crippen LogP contribution in [-0.4, -0.2) is 22.2 Å². The zero-order chi connectivity index (χ0) is 30.4. The third-order valence-corrected chi connectivity index (χ3v) is 7.39. The second-order valence-corrected chi connectivity index (χ2v) is 11.1. The van der Waals surface area contributed by atoms with Gasteiger partial charge in [0.05, 0.1) is 38.1 Å². The van der Waals surface area contributed by atoms with Gasteiger partial charge in [-0.1, -0.05) is 60.7 Å². The lowest BCUT2D eigenvalue weighted by Gasteiger charge is -2.44. The molecule has 0 saturated heterocycles. The van der Waals surface area contributed by atoms with Gasteiger partial charge in [-0.2, -0.15) is 5.26 Å². The molecule has 2 unspecified atom stereocenters. The number of pyridine rings is 1. The molecule has 0 bridgehead atoms. The summed E-state index contributed by atoms with van der Waals surface area (Å²) in [6, 6.07) is 27.7. The smallest absolute Gasteiger partial charge is 0.303 e. The Hall–Kier alpha value is -4.71. The van der Waals surface area contributed by atoms with Crippen molar-refractivity contribution in [1.29, 1.82) is 5.26 Å².